The Morgan fingerprint density at radius 3 is 1.98 bits per heavy atom. The van der Waals surface area contributed by atoms with Crippen LogP contribution in [0.25, 0.3) is 66.8 Å². The molecule has 0 spiro atoms. The Morgan fingerprint density at radius 1 is 0.610 bits per heavy atom. The van der Waals surface area contributed by atoms with Crippen LogP contribution in [0.1, 0.15) is 48.7 Å². The van der Waals surface area contributed by atoms with Crippen LogP contribution in [0.5, 0.6) is 0 Å². The number of benzene rings is 5. The summed E-state index contributed by atoms with van der Waals surface area (Å²) in [6.07, 6.45) is 6.67. The van der Waals surface area contributed by atoms with Crippen LogP contribution in [-0.4, -0.2) is 15.0 Å². The maximum Gasteiger partial charge on any atom is 0.216 e. The number of fused-ring (bicyclic) bond motifs is 3. The van der Waals surface area contributed by atoms with E-state index in [0.717, 1.165) is 63.8 Å². The summed E-state index contributed by atoms with van der Waals surface area (Å²) in [5.74, 6) is 0. The number of furan rings is 1. The maximum absolute atomic E-state index is 6.29. The average Bonchev–Trinajstić information content (AvgIpc) is 3.62. The van der Waals surface area contributed by atoms with Crippen molar-refractivity contribution in [2.24, 2.45) is 5.41 Å². The number of nitrogens with zero attached hydrogens (tertiary/aromatic N) is 3. The smallest absolute Gasteiger partial charge is 0.216 e. The van der Waals surface area contributed by atoms with Gasteiger partial charge in [0.15, 0.2) is 0 Å². The fraction of sp³-hybridized carbons (Fsp3) is 0.167. The number of pyridine rings is 3. The predicted octanol–water partition coefficient (Wildman–Crippen LogP) is 13.7. The fourth-order valence-corrected chi connectivity index (χ4v) is 7.48. The molecule has 9 aromatic rings. The zero-order valence-electron chi connectivity index (χ0n) is 34.2. The minimum atomic E-state index is 0. The van der Waals surface area contributed by atoms with Gasteiger partial charge < -0.3 is 14.4 Å². The summed E-state index contributed by atoms with van der Waals surface area (Å²) in [5, 5.41) is 2.09. The van der Waals surface area contributed by atoms with Gasteiger partial charge in [0.2, 0.25) is 5.71 Å². The van der Waals surface area contributed by atoms with E-state index < -0.39 is 0 Å². The molecule has 4 aromatic heterocycles. The number of aryl methyl sites for hydroxylation is 4. The van der Waals surface area contributed by atoms with Crippen molar-refractivity contribution in [2.45, 2.75) is 53.9 Å². The number of hydrogen-bond acceptors (Lipinski definition) is 4. The third-order valence-corrected chi connectivity index (χ3v) is 10.4. The fourth-order valence-electron chi connectivity index (χ4n) is 7.48. The maximum atomic E-state index is 6.29. The van der Waals surface area contributed by atoms with Crippen LogP contribution in [0.2, 0.25) is 0 Å². The summed E-state index contributed by atoms with van der Waals surface area (Å²) in [4.78, 5) is 14.1. The first-order valence-corrected chi connectivity index (χ1v) is 20.0. The van der Waals surface area contributed by atoms with Gasteiger partial charge in [-0.25, -0.2) is 4.98 Å². The van der Waals surface area contributed by atoms with Crippen LogP contribution in [-0.2, 0) is 39.4 Å². The molecule has 4 nitrogen and oxygen atoms in total. The molecule has 0 bridgehead atoms. The van der Waals surface area contributed by atoms with Crippen LogP contribution in [0.4, 0.5) is 0 Å². The average molecular weight is 946 g/mol. The summed E-state index contributed by atoms with van der Waals surface area (Å²) in [7, 11) is 0. The molecule has 0 aliphatic rings. The molecule has 9 rings (SSSR count). The Balaban J connectivity index is 0.000000180. The van der Waals surface area contributed by atoms with E-state index >= 15 is 0 Å². The van der Waals surface area contributed by atoms with Crippen LogP contribution in [0.15, 0.2) is 162 Å². The molecule has 59 heavy (non-hydrogen) atoms. The van der Waals surface area contributed by atoms with Gasteiger partial charge in [-0.3, -0.25) is 0 Å². The van der Waals surface area contributed by atoms with E-state index in [1.807, 2.05) is 36.7 Å². The molecule has 0 aliphatic carbocycles. The van der Waals surface area contributed by atoms with Crippen molar-refractivity contribution >= 4 is 22.1 Å². The molecule has 4 heterocycles. The molecule has 295 valence electrons. The van der Waals surface area contributed by atoms with Crippen LogP contribution in [0, 0.1) is 31.4 Å². The van der Waals surface area contributed by atoms with Gasteiger partial charge in [0.25, 0.3) is 0 Å². The Hall–Kier alpha value is -6.00. The van der Waals surface area contributed by atoms with E-state index in [1.54, 1.807) is 0 Å². The molecule has 0 N–H and O–H groups in total. The minimum absolute atomic E-state index is 0. The van der Waals surface area contributed by atoms with Gasteiger partial charge in [-0.2, -0.15) is 0 Å². The Bertz CT molecular complexity index is 2720. The molecule has 1 radical (unpaired) electrons. The molecule has 0 atom stereocenters. The predicted molar refractivity (Wildman–Crippen MR) is 239 cm³/mol. The second-order valence-electron chi connectivity index (χ2n) is 16.2. The van der Waals surface area contributed by atoms with Crippen molar-refractivity contribution in [1.82, 2.24) is 15.0 Å². The third-order valence-electron chi connectivity index (χ3n) is 10.4. The van der Waals surface area contributed by atoms with Crippen molar-refractivity contribution in [3.05, 3.63) is 198 Å². The van der Waals surface area contributed by atoms with Gasteiger partial charge in [-0.1, -0.05) is 153 Å². The van der Waals surface area contributed by atoms with Gasteiger partial charge in [0, 0.05) is 43.6 Å². The second kappa shape index (κ2) is 18.3. The van der Waals surface area contributed by atoms with Crippen LogP contribution < -0.4 is 0 Å². The molecule has 0 saturated heterocycles. The normalized spacial score (nSPS) is 11.2. The molecular weight excluding hydrogens is 899 g/mol. The van der Waals surface area contributed by atoms with Crippen molar-refractivity contribution in [3.8, 4) is 44.8 Å². The topological polar surface area (TPSA) is 51.8 Å². The van der Waals surface area contributed by atoms with E-state index in [2.05, 4.69) is 178 Å². The van der Waals surface area contributed by atoms with E-state index in [-0.39, 0.29) is 25.5 Å². The third kappa shape index (κ3) is 9.83. The Morgan fingerprint density at radius 2 is 1.29 bits per heavy atom. The molecule has 0 saturated carbocycles. The molecule has 0 aliphatic heterocycles. The minimum Gasteiger partial charge on any atom is -0.486 e. The first-order chi connectivity index (χ1) is 28.2. The largest absolute Gasteiger partial charge is 0.486 e. The Labute approximate surface area is 361 Å². The van der Waals surface area contributed by atoms with E-state index in [4.69, 9.17) is 9.40 Å². The number of hydrogen-bond donors (Lipinski definition) is 0. The quantitative estimate of drug-likeness (QED) is 0.142. The molecule has 0 unspecified atom stereocenters. The Kier molecular flexibility index (Phi) is 12.8. The van der Waals surface area contributed by atoms with Gasteiger partial charge in [0.05, 0.1) is 5.58 Å². The SMILES string of the molecule is CC(C)(C)Cc1ccnc(-c2[c-]ccc3c2oc2nc(CCc4ccccc4)ccc23)c1.Cc1c[c-]c(-c2cc(-c3ccccc3)c(C)cn2)cc1-c1ccccc1.[Ir]. The molecular formula is C54H47IrN3O-2. The molecule has 5 heteroatoms. The summed E-state index contributed by atoms with van der Waals surface area (Å²) < 4.78 is 6.29. The van der Waals surface area contributed by atoms with Crippen molar-refractivity contribution in [1.29, 1.82) is 0 Å². The van der Waals surface area contributed by atoms with Gasteiger partial charge in [-0.05, 0) is 89.0 Å². The first kappa shape index (κ1) is 41.2. The van der Waals surface area contributed by atoms with Gasteiger partial charge >= 0.3 is 0 Å². The second-order valence-corrected chi connectivity index (χ2v) is 16.2. The first-order valence-electron chi connectivity index (χ1n) is 20.0. The summed E-state index contributed by atoms with van der Waals surface area (Å²) in [6, 6.07) is 57.1. The van der Waals surface area contributed by atoms with Crippen molar-refractivity contribution in [3.63, 3.8) is 0 Å². The number of aromatic nitrogens is 3. The molecule has 0 amide bonds. The van der Waals surface area contributed by atoms with E-state index in [1.165, 1.54) is 44.5 Å². The van der Waals surface area contributed by atoms with Crippen molar-refractivity contribution < 1.29 is 24.5 Å². The van der Waals surface area contributed by atoms with E-state index in [0.29, 0.717) is 5.71 Å². The zero-order valence-corrected chi connectivity index (χ0v) is 36.6. The zero-order chi connectivity index (χ0) is 40.1. The molecule has 5 aromatic carbocycles. The molecule has 0 fully saturated rings. The standard InChI is InChI=1S/C29H27N2O.C25H20N.Ir/c1-29(2,3)19-21-16-17-30-26(18-21)25-11-7-10-23-24-15-14-22(31-28(24)32-27(23)25)13-12-20-8-5-4-6-9-20;1-18-13-14-22(15-23(18)20-9-5-3-6-10-20)25-16-24(19(2)17-26-25)21-11-7-4-8-12-21;/h4-10,14-18H,12-13,19H2,1-3H3;3-13,15-17H,1-2H3;/q2*-1;. The van der Waals surface area contributed by atoms with Crippen LogP contribution in [0.3, 0.4) is 0 Å². The van der Waals surface area contributed by atoms with Crippen molar-refractivity contribution in [2.75, 3.05) is 0 Å². The van der Waals surface area contributed by atoms with Gasteiger partial charge in [-0.15, -0.1) is 47.5 Å². The summed E-state index contributed by atoms with van der Waals surface area (Å²) >= 11 is 0. The monoisotopic (exact) mass is 946 g/mol. The summed E-state index contributed by atoms with van der Waals surface area (Å²) in [5.41, 5.74) is 16.3. The van der Waals surface area contributed by atoms with Gasteiger partial charge in [0.1, 0.15) is 0 Å². The van der Waals surface area contributed by atoms with E-state index in [9.17, 15) is 0 Å². The number of rotatable bonds is 8. The van der Waals surface area contributed by atoms with Crippen LogP contribution >= 0.6 is 0 Å². The summed E-state index contributed by atoms with van der Waals surface area (Å²) in [6.45, 7) is 11.0.